The third kappa shape index (κ3) is 3.66. The number of hydrogen-bond acceptors (Lipinski definition) is 4. The van der Waals surface area contributed by atoms with Crippen molar-refractivity contribution in [1.82, 2.24) is 10.6 Å². The molecule has 0 radical (unpaired) electrons. The monoisotopic (exact) mass is 373 g/mol. The summed E-state index contributed by atoms with van der Waals surface area (Å²) in [5, 5.41) is 6.11. The van der Waals surface area contributed by atoms with Gasteiger partial charge in [0.1, 0.15) is 0 Å². The highest BCUT2D eigenvalue weighted by atomic mass is 32.2. The van der Waals surface area contributed by atoms with Crippen LogP contribution in [0.3, 0.4) is 0 Å². The lowest BCUT2D eigenvalue weighted by molar-refractivity contribution is -0.139. The maximum Gasteiger partial charge on any atom is 0.417 e. The minimum absolute atomic E-state index is 0.108. The first-order valence-corrected chi connectivity index (χ1v) is 9.14. The van der Waals surface area contributed by atoms with Crippen molar-refractivity contribution in [3.05, 3.63) is 29.8 Å². The van der Waals surface area contributed by atoms with Gasteiger partial charge in [-0.25, -0.2) is 0 Å². The Morgan fingerprint density at radius 1 is 1.40 bits per heavy atom. The van der Waals surface area contributed by atoms with E-state index in [0.29, 0.717) is 12.3 Å². The van der Waals surface area contributed by atoms with Gasteiger partial charge in [0.05, 0.1) is 11.5 Å². The van der Waals surface area contributed by atoms with Crippen LogP contribution < -0.4 is 16.4 Å². The van der Waals surface area contributed by atoms with Gasteiger partial charge in [-0.1, -0.05) is 12.1 Å². The van der Waals surface area contributed by atoms with Gasteiger partial charge in [-0.3, -0.25) is 4.79 Å². The van der Waals surface area contributed by atoms with Crippen molar-refractivity contribution in [2.24, 2.45) is 17.6 Å². The lowest BCUT2D eigenvalue weighted by Crippen LogP contribution is -2.49. The number of nitrogens with two attached hydrogens (primary N) is 1. The summed E-state index contributed by atoms with van der Waals surface area (Å²) in [5.41, 5.74) is 4.45. The van der Waals surface area contributed by atoms with Gasteiger partial charge >= 0.3 is 6.18 Å². The summed E-state index contributed by atoms with van der Waals surface area (Å²) in [6.07, 6.45) is -4.39. The van der Waals surface area contributed by atoms with Gasteiger partial charge in [0.15, 0.2) is 0 Å². The molecule has 2 fully saturated rings. The van der Waals surface area contributed by atoms with Crippen molar-refractivity contribution in [1.29, 1.82) is 0 Å². The predicted octanol–water partition coefficient (Wildman–Crippen LogP) is 2.24. The second-order valence-electron chi connectivity index (χ2n) is 7.48. The topological polar surface area (TPSA) is 67.2 Å². The highest BCUT2D eigenvalue weighted by Gasteiger charge is 2.68. The largest absolute Gasteiger partial charge is 0.417 e. The number of carbonyl (C=O) groups is 1. The number of benzene rings is 1. The van der Waals surface area contributed by atoms with Gasteiger partial charge in [-0.15, -0.1) is 11.8 Å². The average Bonchev–Trinajstić information content (AvgIpc) is 2.90. The molecular weight excluding hydrogens is 351 g/mol. The molecule has 4 nitrogen and oxygen atoms in total. The van der Waals surface area contributed by atoms with Crippen LogP contribution in [0, 0.1) is 11.8 Å². The summed E-state index contributed by atoms with van der Waals surface area (Å²) in [6, 6.07) is 5.49. The Morgan fingerprint density at radius 3 is 2.68 bits per heavy atom. The summed E-state index contributed by atoms with van der Waals surface area (Å²) in [6.45, 7) is 4.99. The zero-order valence-corrected chi connectivity index (χ0v) is 14.9. The predicted molar refractivity (Wildman–Crippen MR) is 91.2 cm³/mol. The molecule has 4 N–H and O–H groups in total. The second-order valence-corrected chi connectivity index (χ2v) is 8.50. The maximum atomic E-state index is 13.1. The Hall–Kier alpha value is -1.25. The van der Waals surface area contributed by atoms with E-state index in [1.807, 2.05) is 13.8 Å². The Morgan fingerprint density at radius 2 is 2.08 bits per heavy atom. The van der Waals surface area contributed by atoms with Crippen LogP contribution in [0.4, 0.5) is 13.2 Å². The Labute approximate surface area is 149 Å². The lowest BCUT2D eigenvalue weighted by atomic mass is 10.1. The number of nitrogens with one attached hydrogen (secondary N) is 2. The molecule has 3 atom stereocenters. The molecule has 1 aliphatic heterocycles. The number of amides is 1. The van der Waals surface area contributed by atoms with Crippen LogP contribution in [0.5, 0.6) is 0 Å². The molecule has 25 heavy (non-hydrogen) atoms. The number of thioether (sulfide) groups is 1. The Bertz CT molecular complexity index is 679. The van der Waals surface area contributed by atoms with Crippen LogP contribution in [0.15, 0.2) is 29.2 Å². The van der Waals surface area contributed by atoms with Gasteiger partial charge in [-0.05, 0) is 26.0 Å². The molecule has 1 aliphatic carbocycles. The number of halogens is 3. The molecule has 138 valence electrons. The number of fused-ring (bicyclic) bond motifs is 1. The van der Waals surface area contributed by atoms with Crippen molar-refractivity contribution in [2.45, 2.75) is 36.0 Å². The third-order valence-electron chi connectivity index (χ3n) is 4.88. The number of hydrogen-bond donors (Lipinski definition) is 3. The highest BCUT2D eigenvalue weighted by molar-refractivity contribution is 7.99. The molecular formula is C17H22F3N3OS. The Balaban J connectivity index is 1.60. The van der Waals surface area contributed by atoms with E-state index in [4.69, 9.17) is 5.73 Å². The molecule has 0 spiro atoms. The Kier molecular flexibility index (Phi) is 4.58. The first-order chi connectivity index (χ1) is 11.5. The third-order valence-corrected chi connectivity index (χ3v) is 6.42. The van der Waals surface area contributed by atoms with E-state index in [0.717, 1.165) is 24.4 Å². The molecule has 0 unspecified atom stereocenters. The fraction of sp³-hybridized carbons (Fsp3) is 0.588. The van der Waals surface area contributed by atoms with Crippen molar-refractivity contribution in [3.63, 3.8) is 0 Å². The highest BCUT2D eigenvalue weighted by Crippen LogP contribution is 2.51. The van der Waals surface area contributed by atoms with E-state index >= 15 is 0 Å². The van der Waals surface area contributed by atoms with Crippen molar-refractivity contribution in [2.75, 3.05) is 18.8 Å². The smallest absolute Gasteiger partial charge is 0.350 e. The minimum Gasteiger partial charge on any atom is -0.350 e. The number of alkyl halides is 3. The fourth-order valence-electron chi connectivity index (χ4n) is 3.49. The van der Waals surface area contributed by atoms with E-state index in [2.05, 4.69) is 10.6 Å². The van der Waals surface area contributed by atoms with Gasteiger partial charge in [-0.2, -0.15) is 13.2 Å². The molecule has 8 heteroatoms. The van der Waals surface area contributed by atoms with Crippen LogP contribution in [-0.4, -0.2) is 35.8 Å². The summed E-state index contributed by atoms with van der Waals surface area (Å²) in [4.78, 5) is 12.6. The first kappa shape index (κ1) is 18.5. The summed E-state index contributed by atoms with van der Waals surface area (Å²) >= 11 is 1.10. The molecule has 2 aliphatic rings. The van der Waals surface area contributed by atoms with Crippen LogP contribution >= 0.6 is 11.8 Å². The molecule has 1 saturated heterocycles. The van der Waals surface area contributed by atoms with Crippen molar-refractivity contribution < 1.29 is 18.0 Å². The van der Waals surface area contributed by atoms with Crippen LogP contribution in [-0.2, 0) is 11.0 Å². The number of piperidine rings is 1. The molecule has 3 rings (SSSR count). The molecule has 1 aromatic rings. The van der Waals surface area contributed by atoms with Crippen LogP contribution in [0.2, 0.25) is 0 Å². The van der Waals surface area contributed by atoms with Crippen molar-refractivity contribution in [3.8, 4) is 0 Å². The zero-order valence-electron chi connectivity index (χ0n) is 14.1. The molecule has 1 aromatic carbocycles. The second kappa shape index (κ2) is 6.17. The number of rotatable bonds is 5. The molecule has 1 amide bonds. The van der Waals surface area contributed by atoms with Crippen LogP contribution in [0.25, 0.3) is 0 Å². The normalized spacial score (nSPS) is 28.6. The molecule has 0 aromatic heterocycles. The van der Waals surface area contributed by atoms with Gasteiger partial charge < -0.3 is 16.4 Å². The standard InChI is InChI=1S/C17H22F3N3OS/c1-15(2,23-14(24)13-11-7-22-8-16(11,13)21)9-25-12-6-4-3-5-10(12)17(18,19)20/h3-6,11,13,22H,7-9,21H2,1-2H3,(H,23,24)/t11-,13+,16+/m0/s1. The maximum absolute atomic E-state index is 13.1. The zero-order chi connectivity index (χ0) is 18.5. The number of carbonyl (C=O) groups excluding carboxylic acids is 1. The summed E-state index contributed by atoms with van der Waals surface area (Å²) < 4.78 is 39.2. The lowest BCUT2D eigenvalue weighted by Gasteiger charge is -2.27. The van der Waals surface area contributed by atoms with E-state index < -0.39 is 22.8 Å². The minimum atomic E-state index is -4.39. The van der Waals surface area contributed by atoms with Gasteiger partial charge in [0.25, 0.3) is 0 Å². The van der Waals surface area contributed by atoms with E-state index in [1.54, 1.807) is 6.07 Å². The molecule has 1 heterocycles. The van der Waals surface area contributed by atoms with Gasteiger partial charge in [0.2, 0.25) is 5.91 Å². The first-order valence-electron chi connectivity index (χ1n) is 8.15. The summed E-state index contributed by atoms with van der Waals surface area (Å²) in [5.74, 6) is 0.171. The van der Waals surface area contributed by atoms with E-state index in [9.17, 15) is 18.0 Å². The SMILES string of the molecule is CC(C)(CSc1ccccc1C(F)(F)F)NC(=O)[C@H]1[C@@H]2CNC[C@@]21N. The van der Waals surface area contributed by atoms with E-state index in [-0.39, 0.29) is 22.6 Å². The summed E-state index contributed by atoms with van der Waals surface area (Å²) in [7, 11) is 0. The van der Waals surface area contributed by atoms with Gasteiger partial charge in [0, 0.05) is 40.7 Å². The fourth-order valence-corrected chi connectivity index (χ4v) is 4.60. The molecule has 1 saturated carbocycles. The average molecular weight is 373 g/mol. The van der Waals surface area contributed by atoms with Crippen LogP contribution in [0.1, 0.15) is 19.4 Å². The van der Waals surface area contributed by atoms with Crippen molar-refractivity contribution >= 4 is 17.7 Å². The molecule has 0 bridgehead atoms. The quantitative estimate of drug-likeness (QED) is 0.693. The van der Waals surface area contributed by atoms with E-state index in [1.165, 1.54) is 12.1 Å².